The third kappa shape index (κ3) is 10.8. The van der Waals surface area contributed by atoms with Crippen LogP contribution < -0.4 is 5.32 Å². The second-order valence-electron chi connectivity index (χ2n) is 14.9. The first-order valence-electron chi connectivity index (χ1n) is 18.5. The van der Waals surface area contributed by atoms with Crippen molar-refractivity contribution in [3.63, 3.8) is 0 Å². The van der Waals surface area contributed by atoms with Crippen LogP contribution in [0.5, 0.6) is 0 Å². The summed E-state index contributed by atoms with van der Waals surface area (Å²) in [5.41, 5.74) is 1.54. The lowest BCUT2D eigenvalue weighted by Gasteiger charge is -2.27. The van der Waals surface area contributed by atoms with E-state index in [9.17, 15) is 40.7 Å². The first-order valence-corrected chi connectivity index (χ1v) is 18.5. The molecule has 2 amide bonds. The summed E-state index contributed by atoms with van der Waals surface area (Å²) in [5, 5.41) is 2.85. The molecule has 2 spiro atoms. The van der Waals surface area contributed by atoms with Crippen molar-refractivity contribution in [1.29, 1.82) is 0 Å². The Balaban J connectivity index is 0.000000203. The maximum atomic E-state index is 13.7. The van der Waals surface area contributed by atoms with Crippen LogP contribution in [0.2, 0.25) is 0 Å². The molecule has 2 saturated carbocycles. The predicted octanol–water partition coefficient (Wildman–Crippen LogP) is 9.16. The molecule has 0 aromatic heterocycles. The number of nitrogens with one attached hydrogen (secondary N) is 1. The molecular weight excluding hydrogens is 746 g/mol. The van der Waals surface area contributed by atoms with Crippen molar-refractivity contribution in [2.24, 2.45) is 0 Å². The van der Waals surface area contributed by atoms with Gasteiger partial charge in [0.1, 0.15) is 0 Å². The summed E-state index contributed by atoms with van der Waals surface area (Å²) in [6.45, 7) is 3.21. The number of ketones is 1. The zero-order chi connectivity index (χ0) is 38.6. The normalized spacial score (nSPS) is 22.1. The molecule has 2 aliphatic carbocycles. The molecule has 0 bridgehead atoms. The fourth-order valence-corrected chi connectivity index (χ4v) is 7.53. The van der Waals surface area contributed by atoms with Gasteiger partial charge in [-0.25, -0.2) is 17.6 Å². The lowest BCUT2D eigenvalue weighted by molar-refractivity contribution is -0.148. The van der Waals surface area contributed by atoms with Gasteiger partial charge in [-0.2, -0.15) is 8.78 Å². The summed E-state index contributed by atoms with van der Waals surface area (Å²) in [4.78, 5) is 38.3. The summed E-state index contributed by atoms with van der Waals surface area (Å²) in [7, 11) is 0. The van der Waals surface area contributed by atoms with Crippen LogP contribution in [0.4, 0.5) is 26.3 Å². The summed E-state index contributed by atoms with van der Waals surface area (Å²) < 4.78 is 78.6. The molecule has 4 aliphatic heterocycles. The molecule has 57 heavy (non-hydrogen) atoms. The SMILES string of the molecule is C.C.C.FC1(F)CCN(Cc2ccccc2)C12CC2.FC1(F)CCNC12CC2.O=C1CCN(Cc2ccccc2)C1=O.O=C1N(Cc2ccccc2)CCC1(F)F. The number of amides is 2. The number of halogens is 6. The lowest BCUT2D eigenvalue weighted by Crippen LogP contribution is -2.41. The van der Waals surface area contributed by atoms with Gasteiger partial charge in [-0.1, -0.05) is 113 Å². The average molecular weight is 805 g/mol. The molecule has 0 atom stereocenters. The van der Waals surface area contributed by atoms with E-state index >= 15 is 0 Å². The zero-order valence-corrected chi connectivity index (χ0v) is 30.1. The maximum Gasteiger partial charge on any atom is 0.326 e. The molecule has 4 heterocycles. The first kappa shape index (κ1) is 47.1. The van der Waals surface area contributed by atoms with Gasteiger partial charge in [0.05, 0.1) is 11.1 Å². The molecule has 314 valence electrons. The number of Topliss-reactive ketones (excluding diaryl/α,β-unsaturated/α-hetero) is 1. The largest absolute Gasteiger partial charge is 0.333 e. The van der Waals surface area contributed by atoms with Crippen molar-refractivity contribution in [3.8, 4) is 0 Å². The second kappa shape index (κ2) is 19.0. The summed E-state index contributed by atoms with van der Waals surface area (Å²) in [6, 6.07) is 28.7. The van der Waals surface area contributed by atoms with E-state index in [-0.39, 0.29) is 66.3 Å². The smallest absolute Gasteiger partial charge is 0.326 e. The molecule has 4 saturated heterocycles. The van der Waals surface area contributed by atoms with Gasteiger partial charge in [0, 0.05) is 71.5 Å². The molecule has 3 aromatic rings. The number of hydrogen-bond acceptors (Lipinski definition) is 5. The monoisotopic (exact) mass is 804 g/mol. The molecule has 0 radical (unpaired) electrons. The van der Waals surface area contributed by atoms with Crippen LogP contribution in [-0.4, -0.2) is 87.3 Å². The highest BCUT2D eigenvalue weighted by atomic mass is 19.3. The van der Waals surface area contributed by atoms with Crippen LogP contribution in [0.15, 0.2) is 91.0 Å². The molecule has 6 fully saturated rings. The Bertz CT molecular complexity index is 1750. The van der Waals surface area contributed by atoms with Gasteiger partial charge in [0.25, 0.3) is 23.7 Å². The third-order valence-electron chi connectivity index (χ3n) is 11.1. The molecule has 3 aromatic carbocycles. The van der Waals surface area contributed by atoms with Gasteiger partial charge < -0.3 is 15.1 Å². The first-order chi connectivity index (χ1) is 25.7. The van der Waals surface area contributed by atoms with Crippen LogP contribution >= 0.6 is 0 Å². The topological polar surface area (TPSA) is 73.0 Å². The van der Waals surface area contributed by atoms with Crippen LogP contribution in [-0.2, 0) is 34.0 Å². The molecule has 1 N–H and O–H groups in total. The van der Waals surface area contributed by atoms with E-state index < -0.39 is 34.8 Å². The molecule has 9 rings (SSSR count). The fraction of sp³-hybridized carbons (Fsp3) is 0.523. The standard InChI is InChI=1S/C13H15F2N.C11H11F2NO.C11H11NO2.C6H9F2N.3CH4/c14-13(15)8-9-16(12(13)6-7-12)10-11-4-2-1-3-5-11;12-11(13)6-7-14(10(11)15)8-9-4-2-1-3-5-9;13-10-6-7-12(11(10)14)8-9-4-2-1-3-5-9;7-6(8)3-4-9-5(6)1-2-5;;;/h1-5H,6-10H2;1-5H,6-8H2;1-5H,6-8H2;9H,1-4H2;3*1H4. The number of benzene rings is 3. The van der Waals surface area contributed by atoms with E-state index in [2.05, 4.69) is 5.32 Å². The number of carbonyl (C=O) groups excluding carboxylic acids is 3. The molecule has 13 heteroatoms. The van der Waals surface area contributed by atoms with E-state index in [0.29, 0.717) is 64.8 Å². The van der Waals surface area contributed by atoms with E-state index in [1.807, 2.05) is 95.9 Å². The van der Waals surface area contributed by atoms with Crippen molar-refractivity contribution in [3.05, 3.63) is 108 Å². The van der Waals surface area contributed by atoms with Crippen LogP contribution in [0.3, 0.4) is 0 Å². The maximum absolute atomic E-state index is 13.7. The quantitative estimate of drug-likeness (QED) is 0.199. The van der Waals surface area contributed by atoms with Crippen LogP contribution in [0.25, 0.3) is 0 Å². The number of alkyl halides is 6. The Morgan fingerprint density at radius 2 is 1.02 bits per heavy atom. The van der Waals surface area contributed by atoms with E-state index in [1.54, 1.807) is 4.90 Å². The summed E-state index contributed by atoms with van der Waals surface area (Å²) in [5.74, 6) is -9.69. The minimum atomic E-state index is -3.16. The molecule has 7 nitrogen and oxygen atoms in total. The third-order valence-corrected chi connectivity index (χ3v) is 11.1. The zero-order valence-electron chi connectivity index (χ0n) is 30.1. The van der Waals surface area contributed by atoms with Crippen molar-refractivity contribution < 1.29 is 40.7 Å². The van der Waals surface area contributed by atoms with Gasteiger partial charge >= 0.3 is 5.92 Å². The number of rotatable bonds is 6. The minimum absolute atomic E-state index is 0. The van der Waals surface area contributed by atoms with Gasteiger partial charge in [-0.3, -0.25) is 19.3 Å². The number of hydrogen-bond donors (Lipinski definition) is 1. The van der Waals surface area contributed by atoms with Gasteiger partial charge in [-0.15, -0.1) is 0 Å². The highest BCUT2D eigenvalue weighted by molar-refractivity contribution is 6.37. The Morgan fingerprint density at radius 1 is 0.526 bits per heavy atom. The fourth-order valence-electron chi connectivity index (χ4n) is 7.53. The van der Waals surface area contributed by atoms with E-state index in [4.69, 9.17) is 0 Å². The number of nitrogens with zero attached hydrogens (tertiary/aromatic N) is 3. The Morgan fingerprint density at radius 3 is 1.39 bits per heavy atom. The minimum Gasteiger partial charge on any atom is -0.333 e. The Hall–Kier alpha value is -4.23. The molecular formula is C44H58F6N4O3. The Labute approximate surface area is 333 Å². The molecule has 0 unspecified atom stereocenters. The van der Waals surface area contributed by atoms with E-state index in [0.717, 1.165) is 16.7 Å². The van der Waals surface area contributed by atoms with E-state index in [1.165, 1.54) is 4.90 Å². The van der Waals surface area contributed by atoms with Gasteiger partial charge in [0.2, 0.25) is 5.78 Å². The summed E-state index contributed by atoms with van der Waals surface area (Å²) in [6.07, 6.45) is 2.72. The number of likely N-dealkylation sites (tertiary alicyclic amines) is 3. The van der Waals surface area contributed by atoms with Crippen LogP contribution in [0, 0.1) is 0 Å². The predicted molar refractivity (Wildman–Crippen MR) is 211 cm³/mol. The van der Waals surface area contributed by atoms with Crippen LogP contribution in [0.1, 0.15) is 90.3 Å². The number of carbonyl (C=O) groups is 3. The molecule has 6 aliphatic rings. The van der Waals surface area contributed by atoms with Gasteiger partial charge in [-0.05, 0) is 42.4 Å². The van der Waals surface area contributed by atoms with Crippen molar-refractivity contribution in [1.82, 2.24) is 20.0 Å². The van der Waals surface area contributed by atoms with Crippen molar-refractivity contribution in [2.75, 3.05) is 26.2 Å². The van der Waals surface area contributed by atoms with Crippen molar-refractivity contribution >= 4 is 17.6 Å². The highest BCUT2D eigenvalue weighted by Crippen LogP contribution is 2.58. The highest BCUT2D eigenvalue weighted by Gasteiger charge is 2.68. The Kier molecular flexibility index (Phi) is 15.7. The van der Waals surface area contributed by atoms with Crippen molar-refractivity contribution in [2.45, 2.75) is 122 Å². The second-order valence-corrected chi connectivity index (χ2v) is 14.9. The van der Waals surface area contributed by atoms with Gasteiger partial charge in [0.15, 0.2) is 0 Å². The summed E-state index contributed by atoms with van der Waals surface area (Å²) >= 11 is 0. The lowest BCUT2D eigenvalue weighted by atomic mass is 10.1. The average Bonchev–Trinajstić information content (AvgIpc) is 4.06.